The highest BCUT2D eigenvalue weighted by atomic mass is 19.1. The number of benzene rings is 2. The lowest BCUT2D eigenvalue weighted by Gasteiger charge is -2.09. The Labute approximate surface area is 148 Å². The molecule has 2 aromatic carbocycles. The molecule has 1 amide bonds. The maximum atomic E-state index is 13.8. The smallest absolute Gasteiger partial charge is 0.339 e. The summed E-state index contributed by atoms with van der Waals surface area (Å²) in [5.74, 6) is -3.47. The van der Waals surface area contributed by atoms with Gasteiger partial charge in [-0.25, -0.2) is 13.6 Å². The van der Waals surface area contributed by atoms with E-state index in [4.69, 9.17) is 4.74 Å². The van der Waals surface area contributed by atoms with Crippen molar-refractivity contribution in [3.8, 4) is 5.75 Å². The molecule has 136 valence electrons. The Hall–Kier alpha value is -2.96. The Morgan fingerprint density at radius 3 is 2.54 bits per heavy atom. The van der Waals surface area contributed by atoms with E-state index in [1.165, 1.54) is 37.4 Å². The van der Waals surface area contributed by atoms with E-state index in [-0.39, 0.29) is 29.3 Å². The van der Waals surface area contributed by atoms with Crippen molar-refractivity contribution in [3.63, 3.8) is 0 Å². The molecule has 0 aliphatic heterocycles. The van der Waals surface area contributed by atoms with E-state index in [1.807, 2.05) is 0 Å². The number of carboxylic acid groups (broad SMARTS) is 1. The number of rotatable bonds is 6. The number of amides is 1. The summed E-state index contributed by atoms with van der Waals surface area (Å²) in [4.78, 5) is 23.4. The van der Waals surface area contributed by atoms with Gasteiger partial charge in [-0.15, -0.1) is 0 Å². The van der Waals surface area contributed by atoms with Crippen molar-refractivity contribution in [3.05, 3.63) is 64.7 Å². The molecule has 1 fully saturated rings. The number of hydrogen-bond acceptors (Lipinski definition) is 3. The average Bonchev–Trinajstić information content (AvgIpc) is 3.39. The van der Waals surface area contributed by atoms with Crippen molar-refractivity contribution < 1.29 is 28.2 Å². The van der Waals surface area contributed by atoms with Crippen molar-refractivity contribution in [2.75, 3.05) is 7.11 Å². The van der Waals surface area contributed by atoms with Crippen LogP contribution in [0.3, 0.4) is 0 Å². The first kappa shape index (κ1) is 17.8. The number of ether oxygens (including phenoxy) is 1. The summed E-state index contributed by atoms with van der Waals surface area (Å²) in [7, 11) is 1.37. The van der Waals surface area contributed by atoms with Crippen LogP contribution < -0.4 is 10.1 Å². The van der Waals surface area contributed by atoms with E-state index in [9.17, 15) is 23.5 Å². The topological polar surface area (TPSA) is 75.6 Å². The zero-order valence-corrected chi connectivity index (χ0v) is 14.0. The summed E-state index contributed by atoms with van der Waals surface area (Å²) in [6.45, 7) is 0.117. The molecular weight excluding hydrogens is 344 g/mol. The Kier molecular flexibility index (Phi) is 4.88. The zero-order valence-electron chi connectivity index (χ0n) is 14.0. The van der Waals surface area contributed by atoms with Gasteiger partial charge in [0.1, 0.15) is 22.9 Å². The molecular formula is C19H17F2NO4. The van der Waals surface area contributed by atoms with Crippen molar-refractivity contribution in [2.45, 2.75) is 18.9 Å². The van der Waals surface area contributed by atoms with Gasteiger partial charge in [-0.3, -0.25) is 4.79 Å². The Morgan fingerprint density at radius 2 is 1.92 bits per heavy atom. The SMILES string of the molecule is COc1ccc(CNC(=O)[C@@H]2C[C@H]2c2c(F)cccc2F)cc1C(=O)O. The molecule has 0 heterocycles. The second-order valence-electron chi connectivity index (χ2n) is 6.14. The Bertz CT molecular complexity index is 848. The van der Waals surface area contributed by atoms with E-state index in [2.05, 4.69) is 5.32 Å². The van der Waals surface area contributed by atoms with Crippen molar-refractivity contribution in [2.24, 2.45) is 5.92 Å². The number of nitrogens with one attached hydrogen (secondary N) is 1. The Morgan fingerprint density at radius 1 is 1.23 bits per heavy atom. The monoisotopic (exact) mass is 361 g/mol. The lowest BCUT2D eigenvalue weighted by molar-refractivity contribution is -0.122. The van der Waals surface area contributed by atoms with Crippen LogP contribution in [0.5, 0.6) is 5.75 Å². The number of halogens is 2. The van der Waals surface area contributed by atoms with Gasteiger partial charge in [-0.1, -0.05) is 12.1 Å². The lowest BCUT2D eigenvalue weighted by atomic mass is 10.1. The summed E-state index contributed by atoms with van der Waals surface area (Å²) in [5.41, 5.74) is 0.535. The van der Waals surface area contributed by atoms with Gasteiger partial charge >= 0.3 is 5.97 Å². The van der Waals surface area contributed by atoms with E-state index >= 15 is 0 Å². The van der Waals surface area contributed by atoms with Gasteiger partial charge in [0.2, 0.25) is 5.91 Å². The van der Waals surface area contributed by atoms with Gasteiger partial charge in [-0.2, -0.15) is 0 Å². The van der Waals surface area contributed by atoms with E-state index in [0.29, 0.717) is 12.0 Å². The molecule has 0 saturated heterocycles. The molecule has 1 aliphatic carbocycles. The molecule has 5 nitrogen and oxygen atoms in total. The van der Waals surface area contributed by atoms with E-state index in [0.717, 1.165) is 0 Å². The van der Waals surface area contributed by atoms with Gasteiger partial charge in [0.15, 0.2) is 0 Å². The maximum Gasteiger partial charge on any atom is 0.339 e. The highest BCUT2D eigenvalue weighted by Crippen LogP contribution is 2.49. The van der Waals surface area contributed by atoms with E-state index < -0.39 is 29.4 Å². The van der Waals surface area contributed by atoms with Crippen molar-refractivity contribution in [1.29, 1.82) is 0 Å². The number of carbonyl (C=O) groups excluding carboxylic acids is 1. The molecule has 0 aromatic heterocycles. The van der Waals surface area contributed by atoms with Crippen LogP contribution in [0, 0.1) is 17.6 Å². The first-order valence-electron chi connectivity index (χ1n) is 8.04. The third kappa shape index (κ3) is 3.51. The van der Waals surface area contributed by atoms with Gasteiger partial charge in [0.05, 0.1) is 7.11 Å². The van der Waals surface area contributed by atoms with Gasteiger partial charge < -0.3 is 15.2 Å². The number of carboxylic acids is 1. The molecule has 2 atom stereocenters. The van der Waals surface area contributed by atoms with Crippen LogP contribution in [0.4, 0.5) is 8.78 Å². The second-order valence-corrected chi connectivity index (χ2v) is 6.14. The van der Waals surface area contributed by atoms with Crippen LogP contribution >= 0.6 is 0 Å². The summed E-state index contributed by atoms with van der Waals surface area (Å²) in [6, 6.07) is 8.22. The van der Waals surface area contributed by atoms with Crippen molar-refractivity contribution in [1.82, 2.24) is 5.32 Å². The number of carbonyl (C=O) groups is 2. The van der Waals surface area contributed by atoms with Crippen LogP contribution in [-0.4, -0.2) is 24.1 Å². The van der Waals surface area contributed by atoms with Crippen LogP contribution in [0.2, 0.25) is 0 Å². The molecule has 1 saturated carbocycles. The molecule has 0 bridgehead atoms. The second kappa shape index (κ2) is 7.11. The predicted octanol–water partition coefficient (Wildman–Crippen LogP) is 3.09. The van der Waals surface area contributed by atoms with Crippen LogP contribution in [-0.2, 0) is 11.3 Å². The molecule has 26 heavy (non-hydrogen) atoms. The molecule has 0 radical (unpaired) electrons. The highest BCUT2D eigenvalue weighted by Gasteiger charge is 2.46. The standard InChI is InChI=1S/C19H17F2NO4/c1-26-16-6-5-10(7-13(16)19(24)25)9-22-18(23)12-8-11(12)17-14(20)3-2-4-15(17)21/h2-7,11-12H,8-9H2,1H3,(H,22,23)(H,24,25)/t11-,12-/m1/s1. The molecule has 1 aliphatic rings. The summed E-state index contributed by atoms with van der Waals surface area (Å²) in [5, 5.41) is 11.9. The molecule has 3 rings (SSSR count). The summed E-state index contributed by atoms with van der Waals surface area (Å²) < 4.78 is 32.5. The largest absolute Gasteiger partial charge is 0.496 e. The van der Waals surface area contributed by atoms with Gasteiger partial charge in [0, 0.05) is 23.9 Å². The molecule has 7 heteroatoms. The minimum absolute atomic E-state index is 0.00280. The number of methoxy groups -OCH3 is 1. The van der Waals surface area contributed by atoms with Crippen LogP contribution in [0.25, 0.3) is 0 Å². The zero-order chi connectivity index (χ0) is 18.8. The number of hydrogen-bond donors (Lipinski definition) is 2. The first-order valence-corrected chi connectivity index (χ1v) is 8.04. The lowest BCUT2D eigenvalue weighted by Crippen LogP contribution is -2.25. The normalized spacial score (nSPS) is 18.3. The summed E-state index contributed by atoms with van der Waals surface area (Å²) >= 11 is 0. The number of aromatic carboxylic acids is 1. The van der Waals surface area contributed by atoms with Crippen LogP contribution in [0.15, 0.2) is 36.4 Å². The fourth-order valence-electron chi connectivity index (χ4n) is 3.02. The van der Waals surface area contributed by atoms with Gasteiger partial charge in [-0.05, 0) is 36.2 Å². The van der Waals surface area contributed by atoms with Crippen molar-refractivity contribution >= 4 is 11.9 Å². The maximum absolute atomic E-state index is 13.8. The molecule has 0 unspecified atom stereocenters. The minimum atomic E-state index is -1.13. The minimum Gasteiger partial charge on any atom is -0.496 e. The quantitative estimate of drug-likeness (QED) is 0.829. The fourth-order valence-corrected chi connectivity index (χ4v) is 3.02. The van der Waals surface area contributed by atoms with E-state index in [1.54, 1.807) is 6.07 Å². The highest BCUT2D eigenvalue weighted by molar-refractivity contribution is 5.91. The molecule has 2 N–H and O–H groups in total. The third-order valence-electron chi connectivity index (χ3n) is 4.46. The van der Waals surface area contributed by atoms with Gasteiger partial charge in [0.25, 0.3) is 0 Å². The predicted molar refractivity (Wildman–Crippen MR) is 89.0 cm³/mol. The average molecular weight is 361 g/mol. The first-order chi connectivity index (χ1) is 12.4. The molecule has 0 spiro atoms. The Balaban J connectivity index is 1.64. The van der Waals surface area contributed by atoms with Crippen LogP contribution in [0.1, 0.15) is 33.8 Å². The molecule has 2 aromatic rings. The fraction of sp³-hybridized carbons (Fsp3) is 0.263. The summed E-state index contributed by atoms with van der Waals surface area (Å²) in [6.07, 6.45) is 0.382. The third-order valence-corrected chi connectivity index (χ3v) is 4.46.